The average Bonchev–Trinajstić information content (AvgIpc) is 2.78. The van der Waals surface area contributed by atoms with Crippen molar-refractivity contribution < 1.29 is 0 Å². The maximum Gasteiger partial charge on any atom is 0.0995 e. The Morgan fingerprint density at radius 1 is 1.38 bits per heavy atom. The van der Waals surface area contributed by atoms with E-state index in [0.29, 0.717) is 0 Å². The molecule has 21 heavy (non-hydrogen) atoms. The fourth-order valence-corrected chi connectivity index (χ4v) is 3.88. The van der Waals surface area contributed by atoms with Crippen LogP contribution in [-0.2, 0) is 6.42 Å². The van der Waals surface area contributed by atoms with Gasteiger partial charge in [-0.3, -0.25) is 0 Å². The van der Waals surface area contributed by atoms with Gasteiger partial charge in [0.05, 0.1) is 11.6 Å². The van der Waals surface area contributed by atoms with E-state index in [2.05, 4.69) is 32.9 Å². The maximum atomic E-state index is 9.37. The third kappa shape index (κ3) is 2.99. The number of nitrogens with zero attached hydrogens (tertiary/aromatic N) is 1. The van der Waals surface area contributed by atoms with Crippen molar-refractivity contribution >= 4 is 0 Å². The lowest BCUT2D eigenvalue weighted by molar-refractivity contribution is 0.185. The van der Waals surface area contributed by atoms with Gasteiger partial charge < -0.3 is 5.73 Å². The van der Waals surface area contributed by atoms with Crippen LogP contribution in [0.4, 0.5) is 0 Å². The molecule has 2 nitrogen and oxygen atoms in total. The van der Waals surface area contributed by atoms with Crippen molar-refractivity contribution in [3.05, 3.63) is 34.9 Å². The van der Waals surface area contributed by atoms with E-state index >= 15 is 0 Å². The summed E-state index contributed by atoms with van der Waals surface area (Å²) in [5, 5.41) is 9.37. The van der Waals surface area contributed by atoms with E-state index < -0.39 is 0 Å². The fraction of sp³-hybridized carbons (Fsp3) is 0.632. The number of rotatable bonds is 6. The summed E-state index contributed by atoms with van der Waals surface area (Å²) >= 11 is 0. The lowest BCUT2D eigenvalue weighted by Crippen LogP contribution is -2.32. The summed E-state index contributed by atoms with van der Waals surface area (Å²) in [6.45, 7) is 6.83. The second-order valence-electron chi connectivity index (χ2n) is 6.81. The summed E-state index contributed by atoms with van der Waals surface area (Å²) < 4.78 is 0. The van der Waals surface area contributed by atoms with Crippen molar-refractivity contribution in [2.75, 3.05) is 0 Å². The van der Waals surface area contributed by atoms with E-state index in [-0.39, 0.29) is 11.5 Å². The van der Waals surface area contributed by atoms with Gasteiger partial charge in [0.15, 0.2) is 0 Å². The van der Waals surface area contributed by atoms with Crippen LogP contribution >= 0.6 is 0 Å². The van der Waals surface area contributed by atoms with Gasteiger partial charge in [-0.25, -0.2) is 0 Å². The standard InChI is InChI=1S/C19H28N2/c1-4-10-19(11-9-14(3)5-2)12-15-7-6-8-16(13-20)17(15)18(19)21/h6-8,14,18H,4-5,9-12,21H2,1-3H3. The van der Waals surface area contributed by atoms with E-state index in [4.69, 9.17) is 5.73 Å². The van der Waals surface area contributed by atoms with E-state index in [9.17, 15) is 5.26 Å². The summed E-state index contributed by atoms with van der Waals surface area (Å²) in [6, 6.07) is 8.43. The highest BCUT2D eigenvalue weighted by Crippen LogP contribution is 2.51. The summed E-state index contributed by atoms with van der Waals surface area (Å²) in [6.07, 6.45) is 7.00. The molecule has 3 atom stereocenters. The van der Waals surface area contributed by atoms with Crippen molar-refractivity contribution in [1.29, 1.82) is 5.26 Å². The maximum absolute atomic E-state index is 9.37. The Bertz CT molecular complexity index is 529. The summed E-state index contributed by atoms with van der Waals surface area (Å²) in [7, 11) is 0. The highest BCUT2D eigenvalue weighted by molar-refractivity contribution is 5.49. The Morgan fingerprint density at radius 3 is 2.76 bits per heavy atom. The molecule has 0 fully saturated rings. The van der Waals surface area contributed by atoms with Crippen LogP contribution in [-0.4, -0.2) is 0 Å². The third-order valence-corrected chi connectivity index (χ3v) is 5.41. The summed E-state index contributed by atoms with van der Waals surface area (Å²) in [4.78, 5) is 0. The molecule has 0 saturated heterocycles. The van der Waals surface area contributed by atoms with Gasteiger partial charge in [-0.2, -0.15) is 5.26 Å². The third-order valence-electron chi connectivity index (χ3n) is 5.41. The van der Waals surface area contributed by atoms with Crippen molar-refractivity contribution in [2.24, 2.45) is 17.1 Å². The molecular formula is C19H28N2. The lowest BCUT2D eigenvalue weighted by Gasteiger charge is -2.35. The predicted molar refractivity (Wildman–Crippen MR) is 87.8 cm³/mol. The van der Waals surface area contributed by atoms with E-state index in [0.717, 1.165) is 36.3 Å². The van der Waals surface area contributed by atoms with E-state index in [1.165, 1.54) is 24.8 Å². The molecule has 0 amide bonds. The summed E-state index contributed by atoms with van der Waals surface area (Å²) in [5.41, 5.74) is 10.0. The molecule has 2 heteroatoms. The van der Waals surface area contributed by atoms with Crippen LogP contribution in [0.25, 0.3) is 0 Å². The van der Waals surface area contributed by atoms with Crippen LogP contribution < -0.4 is 5.73 Å². The Kier molecular flexibility index (Phi) is 5.06. The van der Waals surface area contributed by atoms with Crippen LogP contribution in [0, 0.1) is 22.7 Å². The number of nitrogens with two attached hydrogens (primary N) is 1. The zero-order chi connectivity index (χ0) is 15.5. The molecule has 0 aliphatic heterocycles. The van der Waals surface area contributed by atoms with Crippen molar-refractivity contribution in [3.8, 4) is 6.07 Å². The van der Waals surface area contributed by atoms with Gasteiger partial charge in [-0.1, -0.05) is 52.2 Å². The van der Waals surface area contributed by atoms with Gasteiger partial charge >= 0.3 is 0 Å². The number of fused-ring (bicyclic) bond motifs is 1. The highest BCUT2D eigenvalue weighted by atomic mass is 14.7. The number of hydrogen-bond donors (Lipinski definition) is 1. The van der Waals surface area contributed by atoms with Crippen LogP contribution in [0.3, 0.4) is 0 Å². The second-order valence-corrected chi connectivity index (χ2v) is 6.81. The van der Waals surface area contributed by atoms with Gasteiger partial charge in [-0.15, -0.1) is 0 Å². The van der Waals surface area contributed by atoms with Crippen molar-refractivity contribution in [1.82, 2.24) is 0 Å². The SMILES string of the molecule is CCCC1(CCC(C)CC)Cc2cccc(C#N)c2C1N. The molecule has 2 N–H and O–H groups in total. The first-order valence-corrected chi connectivity index (χ1v) is 8.35. The molecule has 1 aromatic carbocycles. The fourth-order valence-electron chi connectivity index (χ4n) is 3.88. The molecule has 0 spiro atoms. The topological polar surface area (TPSA) is 49.8 Å². The van der Waals surface area contributed by atoms with Crippen LogP contribution in [0.5, 0.6) is 0 Å². The first-order valence-electron chi connectivity index (χ1n) is 8.35. The minimum atomic E-state index is 0.0207. The van der Waals surface area contributed by atoms with E-state index in [1.54, 1.807) is 0 Å². The average molecular weight is 284 g/mol. The highest BCUT2D eigenvalue weighted by Gasteiger charge is 2.44. The first-order chi connectivity index (χ1) is 10.1. The first kappa shape index (κ1) is 16.0. The van der Waals surface area contributed by atoms with Crippen molar-refractivity contribution in [2.45, 2.75) is 65.3 Å². The second kappa shape index (κ2) is 6.62. The molecule has 2 rings (SSSR count). The molecule has 1 aliphatic carbocycles. The largest absolute Gasteiger partial charge is 0.323 e. The molecule has 114 valence electrons. The molecule has 0 aromatic heterocycles. The Hall–Kier alpha value is -1.33. The van der Waals surface area contributed by atoms with E-state index in [1.807, 2.05) is 12.1 Å². The summed E-state index contributed by atoms with van der Waals surface area (Å²) in [5.74, 6) is 0.755. The number of hydrogen-bond acceptors (Lipinski definition) is 2. The molecule has 0 bridgehead atoms. The zero-order valence-corrected chi connectivity index (χ0v) is 13.7. The minimum Gasteiger partial charge on any atom is -0.323 e. The Morgan fingerprint density at radius 2 is 2.14 bits per heavy atom. The monoisotopic (exact) mass is 284 g/mol. The van der Waals surface area contributed by atoms with Gasteiger partial charge in [0, 0.05) is 6.04 Å². The molecule has 0 radical (unpaired) electrons. The zero-order valence-electron chi connectivity index (χ0n) is 13.7. The number of benzene rings is 1. The smallest absolute Gasteiger partial charge is 0.0995 e. The molecule has 1 aromatic rings. The lowest BCUT2D eigenvalue weighted by atomic mass is 9.72. The molecular weight excluding hydrogens is 256 g/mol. The molecule has 0 heterocycles. The number of nitriles is 1. The van der Waals surface area contributed by atoms with Crippen LogP contribution in [0.2, 0.25) is 0 Å². The van der Waals surface area contributed by atoms with Gasteiger partial charge in [0.25, 0.3) is 0 Å². The normalized spacial score (nSPS) is 25.4. The molecule has 1 aliphatic rings. The van der Waals surface area contributed by atoms with Gasteiger partial charge in [-0.05, 0) is 47.8 Å². The predicted octanol–water partition coefficient (Wildman–Crippen LogP) is 4.73. The van der Waals surface area contributed by atoms with Crippen molar-refractivity contribution in [3.63, 3.8) is 0 Å². The van der Waals surface area contributed by atoms with Crippen LogP contribution in [0.1, 0.15) is 75.6 Å². The molecule has 0 saturated carbocycles. The Labute approximate surface area is 129 Å². The van der Waals surface area contributed by atoms with Gasteiger partial charge in [0.1, 0.15) is 0 Å². The molecule has 3 unspecified atom stereocenters. The Balaban J connectivity index is 2.31. The quantitative estimate of drug-likeness (QED) is 0.821. The minimum absolute atomic E-state index is 0.0207. The van der Waals surface area contributed by atoms with Gasteiger partial charge in [0.2, 0.25) is 0 Å². The van der Waals surface area contributed by atoms with Crippen LogP contribution in [0.15, 0.2) is 18.2 Å².